The molecule has 1 amide bonds. The molecule has 5 nitrogen and oxygen atoms in total. The number of rotatable bonds is 3. The highest BCUT2D eigenvalue weighted by atomic mass is 35.5. The minimum absolute atomic E-state index is 0.296. The number of hydrogen-bond acceptors (Lipinski definition) is 4. The first-order valence-corrected chi connectivity index (χ1v) is 8.26. The molecule has 0 unspecified atom stereocenters. The molecule has 0 radical (unpaired) electrons. The van der Waals surface area contributed by atoms with Gasteiger partial charge >= 0.3 is 6.09 Å². The van der Waals surface area contributed by atoms with Crippen LogP contribution < -0.4 is 10.3 Å². The Morgan fingerprint density at radius 2 is 1.96 bits per heavy atom. The maximum Gasteiger partial charge on any atom is 0.426 e. The molecule has 0 saturated heterocycles. The third-order valence-electron chi connectivity index (χ3n) is 3.59. The van der Waals surface area contributed by atoms with Crippen molar-refractivity contribution in [3.05, 3.63) is 59.1 Å². The standard InChI is InChI=1S/C17H16ClN3O2S/c1-2-23-17(22)19-21-11-20(13-9-7-12(18)8-10-13)15-6-4-3-5-14(15)16(21)24/h3-10H,2,11H2,1H3,(H,19,22). The molecule has 124 valence electrons. The fraction of sp³-hybridized carbons (Fsp3) is 0.176. The Balaban J connectivity index is 1.96. The van der Waals surface area contributed by atoms with Crippen LogP contribution in [0.5, 0.6) is 0 Å². The van der Waals surface area contributed by atoms with Gasteiger partial charge in [-0.25, -0.2) is 10.2 Å². The summed E-state index contributed by atoms with van der Waals surface area (Å²) in [5, 5.41) is 2.27. The number of halogens is 1. The number of fused-ring (bicyclic) bond motifs is 1. The second-order valence-corrected chi connectivity index (χ2v) is 5.95. The minimum Gasteiger partial charge on any atom is -0.449 e. The second kappa shape index (κ2) is 7.07. The van der Waals surface area contributed by atoms with Gasteiger partial charge in [-0.2, -0.15) is 0 Å². The Morgan fingerprint density at radius 3 is 2.67 bits per heavy atom. The van der Waals surface area contributed by atoms with E-state index in [0.29, 0.717) is 23.3 Å². The molecule has 0 fully saturated rings. The molecule has 0 atom stereocenters. The van der Waals surface area contributed by atoms with Gasteiger partial charge in [0, 0.05) is 16.3 Å². The van der Waals surface area contributed by atoms with Crippen molar-refractivity contribution in [2.45, 2.75) is 6.92 Å². The number of para-hydroxylation sites is 1. The van der Waals surface area contributed by atoms with Crippen LogP contribution in [0.3, 0.4) is 0 Å². The number of hydrazine groups is 1. The predicted octanol–water partition coefficient (Wildman–Crippen LogP) is 4.09. The summed E-state index contributed by atoms with van der Waals surface area (Å²) < 4.78 is 4.95. The SMILES string of the molecule is CCOC(=O)NN1CN(c2ccc(Cl)cc2)c2ccccc2C1=S. The van der Waals surface area contributed by atoms with E-state index in [4.69, 9.17) is 28.6 Å². The van der Waals surface area contributed by atoms with Gasteiger partial charge in [-0.15, -0.1) is 0 Å². The molecule has 0 aromatic heterocycles. The largest absolute Gasteiger partial charge is 0.449 e. The van der Waals surface area contributed by atoms with Gasteiger partial charge in [0.2, 0.25) is 0 Å². The first-order valence-electron chi connectivity index (χ1n) is 7.47. The van der Waals surface area contributed by atoms with E-state index in [0.717, 1.165) is 16.9 Å². The van der Waals surface area contributed by atoms with E-state index < -0.39 is 6.09 Å². The molecule has 7 heteroatoms. The van der Waals surface area contributed by atoms with Gasteiger partial charge in [0.05, 0.1) is 12.3 Å². The van der Waals surface area contributed by atoms with E-state index in [1.165, 1.54) is 0 Å². The van der Waals surface area contributed by atoms with Crippen LogP contribution in [0.1, 0.15) is 12.5 Å². The van der Waals surface area contributed by atoms with Crippen LogP contribution in [0.15, 0.2) is 48.5 Å². The van der Waals surface area contributed by atoms with Gasteiger partial charge < -0.3 is 9.64 Å². The third-order valence-corrected chi connectivity index (χ3v) is 4.29. The van der Waals surface area contributed by atoms with Crippen LogP contribution in [0.25, 0.3) is 0 Å². The molecule has 0 spiro atoms. The van der Waals surface area contributed by atoms with Crippen LogP contribution in [0, 0.1) is 0 Å². The fourth-order valence-corrected chi connectivity index (χ4v) is 2.92. The molecule has 24 heavy (non-hydrogen) atoms. The molecule has 1 heterocycles. The molecule has 1 aliphatic heterocycles. The quantitative estimate of drug-likeness (QED) is 0.834. The maximum atomic E-state index is 11.8. The van der Waals surface area contributed by atoms with Crippen molar-refractivity contribution >= 4 is 46.3 Å². The monoisotopic (exact) mass is 361 g/mol. The van der Waals surface area contributed by atoms with Crippen molar-refractivity contribution in [3.8, 4) is 0 Å². The van der Waals surface area contributed by atoms with Gasteiger partial charge in [0.25, 0.3) is 0 Å². The Kier molecular flexibility index (Phi) is 4.87. The molecule has 1 aliphatic rings. The van der Waals surface area contributed by atoms with Gasteiger partial charge in [-0.3, -0.25) is 5.01 Å². The van der Waals surface area contributed by atoms with Crippen molar-refractivity contribution in [1.82, 2.24) is 10.4 Å². The van der Waals surface area contributed by atoms with Crippen molar-refractivity contribution in [2.24, 2.45) is 0 Å². The number of amides is 1. The normalized spacial score (nSPS) is 13.5. The van der Waals surface area contributed by atoms with Gasteiger partial charge in [0.1, 0.15) is 11.7 Å². The maximum absolute atomic E-state index is 11.8. The number of hydrogen-bond donors (Lipinski definition) is 1. The third kappa shape index (κ3) is 3.29. The summed E-state index contributed by atoms with van der Waals surface area (Å²) in [6.45, 7) is 2.42. The number of nitrogens with zero attached hydrogens (tertiary/aromatic N) is 2. The minimum atomic E-state index is -0.532. The number of benzene rings is 2. The first kappa shape index (κ1) is 16.5. The Labute approximate surface area is 150 Å². The van der Waals surface area contributed by atoms with E-state index in [-0.39, 0.29) is 0 Å². The van der Waals surface area contributed by atoms with E-state index in [1.807, 2.05) is 53.4 Å². The number of anilines is 2. The Hall–Kier alpha value is -2.31. The molecule has 3 rings (SSSR count). The van der Waals surface area contributed by atoms with Crippen molar-refractivity contribution in [2.75, 3.05) is 18.2 Å². The zero-order chi connectivity index (χ0) is 17.1. The van der Waals surface area contributed by atoms with E-state index in [1.54, 1.807) is 11.9 Å². The zero-order valence-electron chi connectivity index (χ0n) is 13.0. The second-order valence-electron chi connectivity index (χ2n) is 5.13. The molecule has 0 aliphatic carbocycles. The lowest BCUT2D eigenvalue weighted by Gasteiger charge is -2.39. The number of carbonyl (C=O) groups excluding carboxylic acids is 1. The summed E-state index contributed by atoms with van der Waals surface area (Å²) in [7, 11) is 0. The van der Waals surface area contributed by atoms with Gasteiger partial charge in [-0.05, 0) is 43.3 Å². The van der Waals surface area contributed by atoms with Crippen LogP contribution in [-0.2, 0) is 4.74 Å². The van der Waals surface area contributed by atoms with Gasteiger partial charge in [0.15, 0.2) is 0 Å². The molecule has 2 aromatic rings. The summed E-state index contributed by atoms with van der Waals surface area (Å²) in [6.07, 6.45) is -0.532. The average molecular weight is 362 g/mol. The number of nitrogens with one attached hydrogen (secondary N) is 1. The lowest BCUT2D eigenvalue weighted by molar-refractivity contribution is 0.131. The van der Waals surface area contributed by atoms with E-state index in [9.17, 15) is 4.79 Å². The zero-order valence-corrected chi connectivity index (χ0v) is 14.6. The molecular formula is C17H16ClN3O2S. The highest BCUT2D eigenvalue weighted by Crippen LogP contribution is 2.33. The number of ether oxygens (including phenoxy) is 1. The fourth-order valence-electron chi connectivity index (χ4n) is 2.52. The lowest BCUT2D eigenvalue weighted by atomic mass is 10.1. The van der Waals surface area contributed by atoms with Crippen LogP contribution in [0.2, 0.25) is 5.02 Å². The van der Waals surface area contributed by atoms with Crippen molar-refractivity contribution in [3.63, 3.8) is 0 Å². The summed E-state index contributed by atoms with van der Waals surface area (Å²) in [5.74, 6) is 0. The molecule has 2 aromatic carbocycles. The topological polar surface area (TPSA) is 44.8 Å². The predicted molar refractivity (Wildman–Crippen MR) is 98.6 cm³/mol. The van der Waals surface area contributed by atoms with Crippen LogP contribution in [-0.4, -0.2) is 29.4 Å². The Morgan fingerprint density at radius 1 is 1.25 bits per heavy atom. The summed E-state index contributed by atoms with van der Waals surface area (Å²) in [6, 6.07) is 15.3. The van der Waals surface area contributed by atoms with Crippen molar-refractivity contribution < 1.29 is 9.53 Å². The van der Waals surface area contributed by atoms with Crippen LogP contribution in [0.4, 0.5) is 16.2 Å². The molecule has 0 bridgehead atoms. The number of carbonyl (C=O) groups is 1. The molecule has 1 N–H and O–H groups in total. The molecule has 0 saturated carbocycles. The molecular weight excluding hydrogens is 346 g/mol. The Bertz CT molecular complexity index is 767. The highest BCUT2D eigenvalue weighted by molar-refractivity contribution is 7.80. The van der Waals surface area contributed by atoms with Crippen molar-refractivity contribution in [1.29, 1.82) is 0 Å². The number of thiocarbonyl (C=S) groups is 1. The summed E-state index contributed by atoms with van der Waals surface area (Å²) in [5.41, 5.74) is 5.48. The smallest absolute Gasteiger partial charge is 0.426 e. The highest BCUT2D eigenvalue weighted by Gasteiger charge is 2.28. The van der Waals surface area contributed by atoms with Gasteiger partial charge in [-0.1, -0.05) is 36.0 Å². The van der Waals surface area contributed by atoms with E-state index in [2.05, 4.69) is 5.43 Å². The summed E-state index contributed by atoms with van der Waals surface area (Å²) in [4.78, 5) is 14.4. The first-order chi connectivity index (χ1) is 11.6. The lowest BCUT2D eigenvalue weighted by Crippen LogP contribution is -2.53. The van der Waals surface area contributed by atoms with Crippen LogP contribution >= 0.6 is 23.8 Å². The summed E-state index contributed by atoms with van der Waals surface area (Å²) >= 11 is 11.5. The average Bonchev–Trinajstić information content (AvgIpc) is 2.59. The van der Waals surface area contributed by atoms with E-state index >= 15 is 0 Å².